The number of hydrogen-bond donors (Lipinski definition) is 2. The fourth-order valence-corrected chi connectivity index (χ4v) is 2.99. The SMILES string of the molecule is CC1(C(=O)Nc2nccnc2C(=O)O)CCCS1. The van der Waals surface area contributed by atoms with E-state index in [2.05, 4.69) is 15.3 Å². The number of aromatic carboxylic acids is 1. The molecule has 0 aliphatic carbocycles. The van der Waals surface area contributed by atoms with Gasteiger partial charge in [-0.2, -0.15) is 0 Å². The lowest BCUT2D eigenvalue weighted by molar-refractivity contribution is -0.118. The van der Waals surface area contributed by atoms with Gasteiger partial charge in [0.25, 0.3) is 0 Å². The standard InChI is InChI=1S/C11H13N3O3S/c1-11(3-2-6-18-11)10(17)14-8-7(9(15)16)12-4-5-13-8/h4-5H,2-3,6H2,1H3,(H,15,16)(H,13,14,17). The van der Waals surface area contributed by atoms with Crippen molar-refractivity contribution in [3.05, 3.63) is 18.1 Å². The molecule has 96 valence electrons. The van der Waals surface area contributed by atoms with Crippen LogP contribution in [-0.2, 0) is 4.79 Å². The largest absolute Gasteiger partial charge is 0.476 e. The molecule has 2 rings (SSSR count). The Morgan fingerprint density at radius 1 is 1.44 bits per heavy atom. The van der Waals surface area contributed by atoms with Crippen molar-refractivity contribution in [1.82, 2.24) is 9.97 Å². The minimum absolute atomic E-state index is 0.00345. The number of hydrogen-bond acceptors (Lipinski definition) is 5. The highest BCUT2D eigenvalue weighted by Crippen LogP contribution is 2.38. The van der Waals surface area contributed by atoms with Gasteiger partial charge in [0.2, 0.25) is 5.91 Å². The van der Waals surface area contributed by atoms with Crippen molar-refractivity contribution in [2.75, 3.05) is 11.1 Å². The zero-order valence-electron chi connectivity index (χ0n) is 9.84. The van der Waals surface area contributed by atoms with E-state index >= 15 is 0 Å². The average molecular weight is 267 g/mol. The summed E-state index contributed by atoms with van der Waals surface area (Å²) in [4.78, 5) is 30.6. The van der Waals surface area contributed by atoms with Gasteiger partial charge in [-0.1, -0.05) is 0 Å². The van der Waals surface area contributed by atoms with Gasteiger partial charge in [-0.25, -0.2) is 14.8 Å². The summed E-state index contributed by atoms with van der Waals surface area (Å²) in [6.45, 7) is 1.86. The van der Waals surface area contributed by atoms with Crippen LogP contribution >= 0.6 is 11.8 Å². The third-order valence-electron chi connectivity index (χ3n) is 2.83. The Morgan fingerprint density at radius 2 is 2.17 bits per heavy atom. The molecule has 18 heavy (non-hydrogen) atoms. The minimum Gasteiger partial charge on any atom is -0.476 e. The number of thioether (sulfide) groups is 1. The van der Waals surface area contributed by atoms with Crippen LogP contribution in [0, 0.1) is 0 Å². The molecule has 0 bridgehead atoms. The summed E-state index contributed by atoms with van der Waals surface area (Å²) in [5.74, 6) is -0.477. The first kappa shape index (κ1) is 12.8. The van der Waals surface area contributed by atoms with Crippen molar-refractivity contribution in [2.45, 2.75) is 24.5 Å². The number of nitrogens with zero attached hydrogens (tertiary/aromatic N) is 2. The maximum Gasteiger partial charge on any atom is 0.358 e. The van der Waals surface area contributed by atoms with E-state index in [1.54, 1.807) is 11.8 Å². The van der Waals surface area contributed by atoms with Crippen LogP contribution in [0.1, 0.15) is 30.3 Å². The summed E-state index contributed by atoms with van der Waals surface area (Å²) in [5, 5.41) is 11.5. The second kappa shape index (κ2) is 4.93. The lowest BCUT2D eigenvalue weighted by Crippen LogP contribution is -2.35. The van der Waals surface area contributed by atoms with Crippen molar-refractivity contribution in [2.24, 2.45) is 0 Å². The molecule has 1 aliphatic heterocycles. The molecule has 6 nitrogen and oxygen atoms in total. The Balaban J connectivity index is 2.19. The molecule has 0 saturated carbocycles. The van der Waals surface area contributed by atoms with E-state index in [4.69, 9.17) is 5.11 Å². The highest BCUT2D eigenvalue weighted by Gasteiger charge is 2.37. The van der Waals surface area contributed by atoms with Crippen LogP contribution in [0.5, 0.6) is 0 Å². The van der Waals surface area contributed by atoms with Crippen molar-refractivity contribution < 1.29 is 14.7 Å². The first-order chi connectivity index (χ1) is 8.53. The summed E-state index contributed by atoms with van der Waals surface area (Å²) in [7, 11) is 0. The van der Waals surface area contributed by atoms with Gasteiger partial charge in [0.1, 0.15) is 0 Å². The molecule has 1 atom stereocenters. The van der Waals surface area contributed by atoms with Crippen molar-refractivity contribution in [3.63, 3.8) is 0 Å². The molecular weight excluding hydrogens is 254 g/mol. The number of amides is 1. The maximum absolute atomic E-state index is 12.1. The quantitative estimate of drug-likeness (QED) is 0.860. The summed E-state index contributed by atoms with van der Waals surface area (Å²) >= 11 is 1.58. The molecule has 1 amide bonds. The van der Waals surface area contributed by atoms with Gasteiger partial charge in [-0.15, -0.1) is 11.8 Å². The van der Waals surface area contributed by atoms with E-state index in [0.717, 1.165) is 18.6 Å². The van der Waals surface area contributed by atoms with Gasteiger partial charge in [0, 0.05) is 12.4 Å². The molecule has 1 saturated heterocycles. The number of anilines is 1. The molecule has 2 heterocycles. The Hall–Kier alpha value is -1.63. The Kier molecular flexibility index (Phi) is 3.51. The van der Waals surface area contributed by atoms with Crippen LogP contribution in [0.15, 0.2) is 12.4 Å². The molecule has 0 spiro atoms. The van der Waals surface area contributed by atoms with Crippen LogP contribution in [0.3, 0.4) is 0 Å². The molecule has 2 N–H and O–H groups in total. The van der Waals surface area contributed by atoms with Crippen LogP contribution in [0.4, 0.5) is 5.82 Å². The average Bonchev–Trinajstić information content (AvgIpc) is 2.78. The predicted octanol–water partition coefficient (Wildman–Crippen LogP) is 1.40. The van der Waals surface area contributed by atoms with Crippen molar-refractivity contribution in [3.8, 4) is 0 Å². The predicted molar refractivity (Wildman–Crippen MR) is 67.7 cm³/mol. The molecule has 7 heteroatoms. The zero-order chi connectivity index (χ0) is 13.2. The van der Waals surface area contributed by atoms with Crippen LogP contribution < -0.4 is 5.32 Å². The lowest BCUT2D eigenvalue weighted by atomic mass is 10.1. The van der Waals surface area contributed by atoms with E-state index in [0.29, 0.717) is 0 Å². The van der Waals surface area contributed by atoms with E-state index in [9.17, 15) is 9.59 Å². The second-order valence-corrected chi connectivity index (χ2v) is 5.79. The summed E-state index contributed by atoms with van der Waals surface area (Å²) in [5.41, 5.74) is -0.238. The first-order valence-corrected chi connectivity index (χ1v) is 6.51. The number of carbonyl (C=O) groups is 2. The third-order valence-corrected chi connectivity index (χ3v) is 4.35. The van der Waals surface area contributed by atoms with Crippen molar-refractivity contribution in [1.29, 1.82) is 0 Å². The zero-order valence-corrected chi connectivity index (χ0v) is 10.7. The maximum atomic E-state index is 12.1. The van der Waals surface area contributed by atoms with Gasteiger partial charge in [-0.05, 0) is 25.5 Å². The minimum atomic E-state index is -1.21. The number of aromatic nitrogens is 2. The van der Waals surface area contributed by atoms with Gasteiger partial charge >= 0.3 is 5.97 Å². The topological polar surface area (TPSA) is 92.2 Å². The second-order valence-electron chi connectivity index (χ2n) is 4.20. The molecule has 1 aromatic rings. The molecule has 0 aromatic carbocycles. The van der Waals surface area contributed by atoms with Gasteiger partial charge < -0.3 is 10.4 Å². The molecular formula is C11H13N3O3S. The Morgan fingerprint density at radius 3 is 2.78 bits per heavy atom. The highest BCUT2D eigenvalue weighted by molar-refractivity contribution is 8.01. The number of rotatable bonds is 3. The first-order valence-electron chi connectivity index (χ1n) is 5.53. The molecule has 1 unspecified atom stereocenters. The summed E-state index contributed by atoms with van der Waals surface area (Å²) < 4.78 is -0.507. The normalized spacial score (nSPS) is 22.7. The number of carboxylic acids is 1. The monoisotopic (exact) mass is 267 g/mol. The van der Waals surface area contributed by atoms with Gasteiger partial charge in [0.15, 0.2) is 11.5 Å². The fourth-order valence-electron chi connectivity index (χ4n) is 1.78. The number of carboxylic acid groups (broad SMARTS) is 1. The van der Waals surface area contributed by atoms with Crippen LogP contribution in [0.2, 0.25) is 0 Å². The van der Waals surface area contributed by atoms with E-state index < -0.39 is 10.7 Å². The van der Waals surface area contributed by atoms with E-state index in [1.807, 2.05) is 6.92 Å². The number of carbonyl (C=O) groups excluding carboxylic acids is 1. The van der Waals surface area contributed by atoms with Crippen LogP contribution in [0.25, 0.3) is 0 Å². The van der Waals surface area contributed by atoms with Crippen LogP contribution in [-0.4, -0.2) is 37.5 Å². The van der Waals surface area contributed by atoms with Gasteiger partial charge in [-0.3, -0.25) is 4.79 Å². The number of nitrogens with one attached hydrogen (secondary N) is 1. The fraction of sp³-hybridized carbons (Fsp3) is 0.455. The molecule has 1 fully saturated rings. The van der Waals surface area contributed by atoms with Crippen molar-refractivity contribution >= 4 is 29.5 Å². The Labute approximate surface area is 108 Å². The molecule has 1 aliphatic rings. The van der Waals surface area contributed by atoms with E-state index in [1.165, 1.54) is 12.4 Å². The molecule has 1 aromatic heterocycles. The lowest BCUT2D eigenvalue weighted by Gasteiger charge is -2.21. The highest BCUT2D eigenvalue weighted by atomic mass is 32.2. The molecule has 0 radical (unpaired) electrons. The summed E-state index contributed by atoms with van der Waals surface area (Å²) in [6, 6.07) is 0. The summed E-state index contributed by atoms with van der Waals surface area (Å²) in [6.07, 6.45) is 4.41. The third kappa shape index (κ3) is 2.45. The smallest absolute Gasteiger partial charge is 0.358 e. The Bertz CT molecular complexity index is 486. The van der Waals surface area contributed by atoms with E-state index in [-0.39, 0.29) is 17.4 Å². The van der Waals surface area contributed by atoms with Gasteiger partial charge in [0.05, 0.1) is 4.75 Å².